The first-order valence-electron chi connectivity index (χ1n) is 6.28. The molecule has 0 spiro atoms. The topological polar surface area (TPSA) is 26.0 Å². The fraction of sp³-hybridized carbons (Fsp3) is 0.571. The smallest absolute Gasteiger partial charge is 0.0324 e. The largest absolute Gasteiger partial charge is 0.324 e. The van der Waals surface area contributed by atoms with Gasteiger partial charge in [0, 0.05) is 15.0 Å². The Balaban J connectivity index is 2.10. The molecule has 0 heterocycles. The summed E-state index contributed by atoms with van der Waals surface area (Å²) in [6.07, 6.45) is 5.19. The Morgan fingerprint density at radius 3 is 2.12 bits per heavy atom. The Bertz CT molecular complexity index is 364. The summed E-state index contributed by atoms with van der Waals surface area (Å²) in [4.78, 5) is 0. The molecule has 1 aliphatic rings. The molecule has 0 bridgehead atoms. The molecular formula is C14H19Br2N. The minimum Gasteiger partial charge on any atom is -0.324 e. The summed E-state index contributed by atoms with van der Waals surface area (Å²) in [5, 5.41) is 0. The molecule has 0 saturated heterocycles. The number of benzene rings is 1. The lowest BCUT2D eigenvalue weighted by Crippen LogP contribution is -2.25. The van der Waals surface area contributed by atoms with Crippen LogP contribution in [0.4, 0.5) is 0 Å². The Morgan fingerprint density at radius 2 is 1.59 bits per heavy atom. The van der Waals surface area contributed by atoms with Crippen molar-refractivity contribution in [2.45, 2.75) is 38.6 Å². The van der Waals surface area contributed by atoms with Crippen molar-refractivity contribution in [3.63, 3.8) is 0 Å². The van der Waals surface area contributed by atoms with Crippen LogP contribution >= 0.6 is 31.9 Å². The van der Waals surface area contributed by atoms with Gasteiger partial charge in [0.15, 0.2) is 0 Å². The van der Waals surface area contributed by atoms with E-state index in [9.17, 15) is 0 Å². The van der Waals surface area contributed by atoms with Gasteiger partial charge in [0.25, 0.3) is 0 Å². The van der Waals surface area contributed by atoms with Gasteiger partial charge in [-0.3, -0.25) is 0 Å². The molecular weight excluding hydrogens is 342 g/mol. The lowest BCUT2D eigenvalue weighted by Gasteiger charge is -2.31. The molecule has 1 aromatic carbocycles. The van der Waals surface area contributed by atoms with Gasteiger partial charge >= 0.3 is 0 Å². The summed E-state index contributed by atoms with van der Waals surface area (Å²) in [5.41, 5.74) is 7.65. The summed E-state index contributed by atoms with van der Waals surface area (Å²) in [6.45, 7) is 2.34. The summed E-state index contributed by atoms with van der Waals surface area (Å²) in [7, 11) is 0. The van der Waals surface area contributed by atoms with Crippen LogP contribution in [0.25, 0.3) is 0 Å². The van der Waals surface area contributed by atoms with E-state index in [0.29, 0.717) is 5.92 Å². The molecule has 17 heavy (non-hydrogen) atoms. The average Bonchev–Trinajstić information content (AvgIpc) is 2.28. The van der Waals surface area contributed by atoms with Crippen LogP contribution in [-0.4, -0.2) is 0 Å². The highest BCUT2D eigenvalue weighted by Gasteiger charge is 2.24. The van der Waals surface area contributed by atoms with E-state index >= 15 is 0 Å². The van der Waals surface area contributed by atoms with Crippen LogP contribution in [0.3, 0.4) is 0 Å². The molecule has 0 amide bonds. The molecule has 1 aliphatic carbocycles. The van der Waals surface area contributed by atoms with Gasteiger partial charge in [-0.15, -0.1) is 0 Å². The monoisotopic (exact) mass is 359 g/mol. The first-order valence-corrected chi connectivity index (χ1v) is 7.86. The van der Waals surface area contributed by atoms with Gasteiger partial charge in [0.1, 0.15) is 0 Å². The van der Waals surface area contributed by atoms with Crippen LogP contribution in [0, 0.1) is 11.8 Å². The molecule has 0 radical (unpaired) electrons. The van der Waals surface area contributed by atoms with E-state index in [2.05, 4.69) is 57.0 Å². The Kier molecular flexibility index (Phi) is 4.67. The molecule has 3 heteroatoms. The van der Waals surface area contributed by atoms with E-state index in [1.54, 1.807) is 0 Å². The predicted molar refractivity (Wildman–Crippen MR) is 79.9 cm³/mol. The van der Waals surface area contributed by atoms with E-state index in [1.807, 2.05) is 0 Å². The third-order valence-electron chi connectivity index (χ3n) is 3.84. The van der Waals surface area contributed by atoms with Crippen molar-refractivity contribution in [3.8, 4) is 0 Å². The second kappa shape index (κ2) is 5.85. The molecule has 1 aromatic rings. The van der Waals surface area contributed by atoms with E-state index < -0.39 is 0 Å². The number of hydrogen-bond donors (Lipinski definition) is 1. The maximum Gasteiger partial charge on any atom is 0.0324 e. The number of halogens is 2. The molecule has 1 unspecified atom stereocenters. The zero-order chi connectivity index (χ0) is 12.4. The predicted octanol–water partition coefficient (Wildman–Crippen LogP) is 5.04. The van der Waals surface area contributed by atoms with Crippen LogP contribution in [0.15, 0.2) is 27.1 Å². The molecule has 2 N–H and O–H groups in total. The van der Waals surface area contributed by atoms with Gasteiger partial charge in [-0.2, -0.15) is 0 Å². The third-order valence-corrected chi connectivity index (χ3v) is 4.75. The standard InChI is InChI=1S/C14H19Br2N/c1-9-2-4-10(5-3-9)14(17)11-6-12(15)8-13(16)7-11/h6-10,14H,2-5,17H2,1H3. The number of rotatable bonds is 2. The Morgan fingerprint density at radius 1 is 1.06 bits per heavy atom. The van der Waals surface area contributed by atoms with Crippen LogP contribution < -0.4 is 5.73 Å². The van der Waals surface area contributed by atoms with Gasteiger partial charge in [-0.1, -0.05) is 51.6 Å². The van der Waals surface area contributed by atoms with Crippen molar-refractivity contribution < 1.29 is 0 Å². The Labute approximate surface area is 120 Å². The highest BCUT2D eigenvalue weighted by Crippen LogP contribution is 2.36. The summed E-state index contributed by atoms with van der Waals surface area (Å²) in [6, 6.07) is 6.52. The normalized spacial score (nSPS) is 26.8. The lowest BCUT2D eigenvalue weighted by atomic mass is 9.78. The van der Waals surface area contributed by atoms with Crippen molar-refractivity contribution in [2.24, 2.45) is 17.6 Å². The second-order valence-corrected chi connectivity index (χ2v) is 7.08. The van der Waals surface area contributed by atoms with Gasteiger partial charge in [-0.25, -0.2) is 0 Å². The van der Waals surface area contributed by atoms with Crippen molar-refractivity contribution in [2.75, 3.05) is 0 Å². The molecule has 1 atom stereocenters. The first-order chi connectivity index (χ1) is 8.06. The Hall–Kier alpha value is 0.140. The van der Waals surface area contributed by atoms with E-state index in [1.165, 1.54) is 31.2 Å². The molecule has 1 fully saturated rings. The van der Waals surface area contributed by atoms with E-state index in [-0.39, 0.29) is 6.04 Å². The number of hydrogen-bond acceptors (Lipinski definition) is 1. The van der Waals surface area contributed by atoms with E-state index in [0.717, 1.165) is 14.9 Å². The van der Waals surface area contributed by atoms with Crippen molar-refractivity contribution >= 4 is 31.9 Å². The summed E-state index contributed by atoms with van der Waals surface area (Å²) < 4.78 is 2.20. The third kappa shape index (κ3) is 3.55. The van der Waals surface area contributed by atoms with Crippen molar-refractivity contribution in [3.05, 3.63) is 32.7 Å². The first kappa shape index (κ1) is 13.6. The molecule has 1 saturated carbocycles. The van der Waals surface area contributed by atoms with Crippen molar-refractivity contribution in [1.82, 2.24) is 0 Å². The minimum atomic E-state index is 0.177. The van der Waals surface area contributed by atoms with Crippen LogP contribution in [0.2, 0.25) is 0 Å². The lowest BCUT2D eigenvalue weighted by molar-refractivity contribution is 0.256. The van der Waals surface area contributed by atoms with Gasteiger partial charge in [0.05, 0.1) is 0 Å². The van der Waals surface area contributed by atoms with Crippen LogP contribution in [0.1, 0.15) is 44.2 Å². The highest BCUT2D eigenvalue weighted by molar-refractivity contribution is 9.11. The molecule has 2 rings (SSSR count). The van der Waals surface area contributed by atoms with Crippen LogP contribution in [-0.2, 0) is 0 Å². The summed E-state index contributed by atoms with van der Waals surface area (Å²) in [5.74, 6) is 1.53. The SMILES string of the molecule is CC1CCC(C(N)c2cc(Br)cc(Br)c2)CC1. The maximum absolute atomic E-state index is 6.41. The highest BCUT2D eigenvalue weighted by atomic mass is 79.9. The summed E-state index contributed by atoms with van der Waals surface area (Å²) >= 11 is 7.06. The molecule has 94 valence electrons. The second-order valence-electron chi connectivity index (χ2n) is 5.25. The van der Waals surface area contributed by atoms with E-state index in [4.69, 9.17) is 5.73 Å². The fourth-order valence-electron chi connectivity index (χ4n) is 2.68. The maximum atomic E-state index is 6.41. The fourth-order valence-corrected chi connectivity index (χ4v) is 4.01. The zero-order valence-corrected chi connectivity index (χ0v) is 13.3. The number of nitrogens with two attached hydrogens (primary N) is 1. The quantitative estimate of drug-likeness (QED) is 0.785. The van der Waals surface area contributed by atoms with Gasteiger partial charge in [0.2, 0.25) is 0 Å². The van der Waals surface area contributed by atoms with Gasteiger partial charge in [-0.05, 0) is 48.4 Å². The average molecular weight is 361 g/mol. The molecule has 0 aromatic heterocycles. The minimum absolute atomic E-state index is 0.177. The van der Waals surface area contributed by atoms with Gasteiger partial charge < -0.3 is 5.73 Å². The van der Waals surface area contributed by atoms with Crippen LogP contribution in [0.5, 0.6) is 0 Å². The zero-order valence-electron chi connectivity index (χ0n) is 10.1. The molecule has 0 aliphatic heterocycles. The molecule has 1 nitrogen and oxygen atoms in total. The van der Waals surface area contributed by atoms with Crippen molar-refractivity contribution in [1.29, 1.82) is 0 Å².